The third-order valence-electron chi connectivity index (χ3n) is 2.13. The average molecular weight is 221 g/mol. The van der Waals surface area contributed by atoms with Crippen LogP contribution in [0, 0.1) is 13.8 Å². The number of benzene rings is 1. The van der Waals surface area contributed by atoms with Crippen LogP contribution < -0.4 is 0 Å². The molecule has 0 unspecified atom stereocenters. The van der Waals surface area contributed by atoms with Gasteiger partial charge in [-0.2, -0.15) is 0 Å². The van der Waals surface area contributed by atoms with Crippen LogP contribution in [0.2, 0.25) is 0 Å². The van der Waals surface area contributed by atoms with E-state index in [9.17, 15) is 4.79 Å². The van der Waals surface area contributed by atoms with Gasteiger partial charge in [-0.15, -0.1) is 11.8 Å². The summed E-state index contributed by atoms with van der Waals surface area (Å²) in [7, 11) is 0. The van der Waals surface area contributed by atoms with E-state index in [1.165, 1.54) is 16.0 Å². The van der Waals surface area contributed by atoms with Gasteiger partial charge in [0, 0.05) is 4.90 Å². The number of nitrogens with zero attached hydrogens (tertiary/aromatic N) is 1. The highest BCUT2D eigenvalue weighted by atomic mass is 32.2. The molecule has 0 heterocycles. The zero-order chi connectivity index (χ0) is 11.1. The van der Waals surface area contributed by atoms with Crippen molar-refractivity contribution in [3.63, 3.8) is 0 Å². The van der Waals surface area contributed by atoms with E-state index in [0.717, 1.165) is 12.2 Å². The number of hydrogen-bond donors (Lipinski definition) is 0. The molecule has 0 fully saturated rings. The van der Waals surface area contributed by atoms with Crippen LogP contribution in [0.1, 0.15) is 17.5 Å². The van der Waals surface area contributed by atoms with E-state index >= 15 is 0 Å². The van der Waals surface area contributed by atoms with Gasteiger partial charge in [0.05, 0.1) is 6.54 Å². The highest BCUT2D eigenvalue weighted by molar-refractivity contribution is 7.99. The van der Waals surface area contributed by atoms with Crippen LogP contribution in [0.4, 0.5) is 0 Å². The van der Waals surface area contributed by atoms with Gasteiger partial charge in [0.2, 0.25) is 6.08 Å². The number of aryl methyl sites for hydroxylation is 2. The van der Waals surface area contributed by atoms with E-state index in [2.05, 4.69) is 37.0 Å². The van der Waals surface area contributed by atoms with Crippen LogP contribution in [-0.4, -0.2) is 18.4 Å². The van der Waals surface area contributed by atoms with Gasteiger partial charge >= 0.3 is 0 Å². The molecule has 0 bridgehead atoms. The smallest absolute Gasteiger partial charge is 0.211 e. The number of carbonyl (C=O) groups excluding carboxylic acids is 1. The first-order chi connectivity index (χ1) is 7.25. The molecule has 3 heteroatoms. The molecule has 0 N–H and O–H groups in total. The largest absolute Gasteiger partial charge is 0.234 e. The van der Waals surface area contributed by atoms with Crippen LogP contribution in [0.3, 0.4) is 0 Å². The molecule has 1 aromatic carbocycles. The fraction of sp³-hybridized carbons (Fsp3) is 0.417. The fourth-order valence-corrected chi connectivity index (χ4v) is 2.46. The van der Waals surface area contributed by atoms with Gasteiger partial charge in [-0.25, -0.2) is 9.79 Å². The number of hydrogen-bond acceptors (Lipinski definition) is 3. The fourth-order valence-electron chi connectivity index (χ4n) is 1.39. The molecule has 0 aliphatic carbocycles. The lowest BCUT2D eigenvalue weighted by Crippen LogP contribution is -1.89. The molecule has 80 valence electrons. The van der Waals surface area contributed by atoms with Gasteiger partial charge < -0.3 is 0 Å². The first kappa shape index (κ1) is 12.0. The summed E-state index contributed by atoms with van der Waals surface area (Å²) < 4.78 is 0. The van der Waals surface area contributed by atoms with Crippen molar-refractivity contribution in [2.45, 2.75) is 25.2 Å². The molecule has 2 nitrogen and oxygen atoms in total. The Kier molecular flexibility index (Phi) is 5.16. The molecule has 0 spiro atoms. The summed E-state index contributed by atoms with van der Waals surface area (Å²) >= 11 is 1.83. The van der Waals surface area contributed by atoms with Crippen molar-refractivity contribution in [3.8, 4) is 0 Å². The topological polar surface area (TPSA) is 29.4 Å². The summed E-state index contributed by atoms with van der Waals surface area (Å²) in [5.74, 6) is 0.997. The van der Waals surface area contributed by atoms with Gasteiger partial charge in [-0.3, -0.25) is 0 Å². The van der Waals surface area contributed by atoms with Crippen molar-refractivity contribution in [2.75, 3.05) is 12.3 Å². The lowest BCUT2D eigenvalue weighted by atomic mass is 10.2. The van der Waals surface area contributed by atoms with Gasteiger partial charge in [-0.05, 0) is 37.1 Å². The van der Waals surface area contributed by atoms with Crippen LogP contribution in [-0.2, 0) is 4.79 Å². The summed E-state index contributed by atoms with van der Waals surface area (Å²) in [6.07, 6.45) is 2.48. The standard InChI is InChI=1S/C12H15NOS/c1-10-5-3-6-11(2)12(10)15-8-4-7-13-9-14/h3,5-6H,4,7-8H2,1-2H3. The van der Waals surface area contributed by atoms with E-state index in [1.54, 1.807) is 6.08 Å². The van der Waals surface area contributed by atoms with Crippen LogP contribution in [0.25, 0.3) is 0 Å². The maximum Gasteiger partial charge on any atom is 0.234 e. The summed E-state index contributed by atoms with van der Waals surface area (Å²) in [4.78, 5) is 14.7. The third-order valence-corrected chi connectivity index (χ3v) is 3.56. The van der Waals surface area contributed by atoms with E-state index in [-0.39, 0.29) is 0 Å². The van der Waals surface area contributed by atoms with Gasteiger partial charge in [0.15, 0.2) is 0 Å². The number of aliphatic imine (C=N–C) groups is 1. The van der Waals surface area contributed by atoms with Crippen molar-refractivity contribution >= 4 is 17.8 Å². The molecule has 0 saturated heterocycles. The lowest BCUT2D eigenvalue weighted by molar-refractivity contribution is 0.562. The van der Waals surface area contributed by atoms with E-state index in [0.29, 0.717) is 6.54 Å². The lowest BCUT2D eigenvalue weighted by Gasteiger charge is -2.07. The van der Waals surface area contributed by atoms with Gasteiger partial charge in [0.25, 0.3) is 0 Å². The molecule has 0 radical (unpaired) electrons. The molecule has 1 rings (SSSR count). The summed E-state index contributed by atoms with van der Waals surface area (Å²) in [5.41, 5.74) is 2.64. The SMILES string of the molecule is Cc1cccc(C)c1SCCCN=C=O. The molecule has 0 aromatic heterocycles. The first-order valence-corrected chi connectivity index (χ1v) is 5.97. The number of isocyanates is 1. The minimum atomic E-state index is 0.585. The highest BCUT2D eigenvalue weighted by Crippen LogP contribution is 2.26. The zero-order valence-corrected chi connectivity index (χ0v) is 9.93. The van der Waals surface area contributed by atoms with E-state index in [1.807, 2.05) is 11.8 Å². The Morgan fingerprint density at radius 1 is 1.33 bits per heavy atom. The van der Waals surface area contributed by atoms with Gasteiger partial charge in [0.1, 0.15) is 0 Å². The number of thioether (sulfide) groups is 1. The highest BCUT2D eigenvalue weighted by Gasteiger charge is 2.01. The predicted molar refractivity (Wildman–Crippen MR) is 64.2 cm³/mol. The van der Waals surface area contributed by atoms with E-state index < -0.39 is 0 Å². The molecule has 0 saturated carbocycles. The normalized spacial score (nSPS) is 9.73. The van der Waals surface area contributed by atoms with Crippen LogP contribution in [0.5, 0.6) is 0 Å². The molecule has 15 heavy (non-hydrogen) atoms. The van der Waals surface area contributed by atoms with Crippen molar-refractivity contribution in [2.24, 2.45) is 4.99 Å². The van der Waals surface area contributed by atoms with Crippen molar-refractivity contribution < 1.29 is 4.79 Å². The number of rotatable bonds is 5. The second kappa shape index (κ2) is 6.44. The van der Waals surface area contributed by atoms with Crippen LogP contribution >= 0.6 is 11.8 Å². The Bertz CT molecular complexity index is 350. The monoisotopic (exact) mass is 221 g/mol. The maximum atomic E-state index is 9.85. The summed E-state index contributed by atoms with van der Waals surface area (Å²) in [5, 5.41) is 0. The van der Waals surface area contributed by atoms with Crippen molar-refractivity contribution in [3.05, 3.63) is 29.3 Å². The molecule has 0 aliphatic heterocycles. The van der Waals surface area contributed by atoms with Crippen molar-refractivity contribution in [1.82, 2.24) is 0 Å². The maximum absolute atomic E-state index is 9.85. The zero-order valence-electron chi connectivity index (χ0n) is 9.12. The Morgan fingerprint density at radius 3 is 2.60 bits per heavy atom. The summed E-state index contributed by atoms with van der Waals surface area (Å²) in [6, 6.07) is 6.32. The summed E-state index contributed by atoms with van der Waals surface area (Å²) in [6.45, 7) is 4.83. The Labute approximate surface area is 94.8 Å². The van der Waals surface area contributed by atoms with Gasteiger partial charge in [-0.1, -0.05) is 18.2 Å². The molecule has 0 amide bonds. The Morgan fingerprint density at radius 2 is 2.00 bits per heavy atom. The second-order valence-corrected chi connectivity index (χ2v) is 4.50. The predicted octanol–water partition coefficient (Wildman–Crippen LogP) is 3.12. The molecule has 0 aliphatic rings. The molecular weight excluding hydrogens is 206 g/mol. The first-order valence-electron chi connectivity index (χ1n) is 4.98. The van der Waals surface area contributed by atoms with Crippen molar-refractivity contribution in [1.29, 1.82) is 0 Å². The Hall–Kier alpha value is -1.05. The third kappa shape index (κ3) is 3.90. The van der Waals surface area contributed by atoms with E-state index in [4.69, 9.17) is 0 Å². The average Bonchev–Trinajstić information content (AvgIpc) is 2.21. The van der Waals surface area contributed by atoms with Crippen LogP contribution in [0.15, 0.2) is 28.1 Å². The quantitative estimate of drug-likeness (QED) is 0.331. The molecule has 1 aromatic rings. The molecular formula is C12H15NOS. The second-order valence-electron chi connectivity index (χ2n) is 3.40. The minimum Gasteiger partial charge on any atom is -0.211 e. The molecule has 0 atom stereocenters. The Balaban J connectivity index is 2.46. The minimum absolute atomic E-state index is 0.585.